The van der Waals surface area contributed by atoms with Gasteiger partial charge in [0.15, 0.2) is 0 Å². The van der Waals surface area contributed by atoms with Crippen molar-refractivity contribution in [2.45, 2.75) is 12.5 Å². The second-order valence-corrected chi connectivity index (χ2v) is 5.13. The van der Waals surface area contributed by atoms with E-state index in [0.717, 1.165) is 22.4 Å². The highest BCUT2D eigenvalue weighted by Crippen LogP contribution is 2.35. The third-order valence-electron chi connectivity index (χ3n) is 3.71. The first-order valence-corrected chi connectivity index (χ1v) is 6.98. The lowest BCUT2D eigenvalue weighted by molar-refractivity contribution is 0.125. The van der Waals surface area contributed by atoms with Crippen LogP contribution in [0.5, 0.6) is 0 Å². The fourth-order valence-electron chi connectivity index (χ4n) is 2.54. The third kappa shape index (κ3) is 2.46. The normalized spacial score (nSPS) is 11.3. The van der Waals surface area contributed by atoms with Crippen LogP contribution in [-0.2, 0) is 5.60 Å². The zero-order valence-corrected chi connectivity index (χ0v) is 11.9. The number of benzene rings is 2. The van der Waals surface area contributed by atoms with Crippen LogP contribution in [0.1, 0.15) is 22.4 Å². The molecule has 1 N–H and O–H groups in total. The van der Waals surface area contributed by atoms with Crippen LogP contribution >= 0.6 is 0 Å². The Balaban J connectivity index is 2.23. The molecule has 1 heterocycles. The van der Waals surface area contributed by atoms with Gasteiger partial charge in [-0.15, -0.1) is 0 Å². The van der Waals surface area contributed by atoms with Crippen molar-refractivity contribution in [1.29, 1.82) is 0 Å². The summed E-state index contributed by atoms with van der Waals surface area (Å²) >= 11 is 0. The molecular formula is C19H17NO. The Bertz CT molecular complexity index is 666. The number of nitrogens with zero attached hydrogens (tertiary/aromatic N) is 1. The highest BCUT2D eigenvalue weighted by atomic mass is 16.3. The lowest BCUT2D eigenvalue weighted by Gasteiger charge is -2.29. The second kappa shape index (κ2) is 5.51. The minimum absolute atomic E-state index is 0.769. The van der Waals surface area contributed by atoms with Gasteiger partial charge in [-0.3, -0.25) is 4.98 Å². The summed E-state index contributed by atoms with van der Waals surface area (Å²) in [6, 6.07) is 23.2. The average molecular weight is 275 g/mol. The minimum Gasteiger partial charge on any atom is -0.376 e. The topological polar surface area (TPSA) is 33.1 Å². The predicted octanol–water partition coefficient (Wildman–Crippen LogP) is 3.67. The van der Waals surface area contributed by atoms with E-state index in [-0.39, 0.29) is 0 Å². The summed E-state index contributed by atoms with van der Waals surface area (Å²) in [7, 11) is 0. The van der Waals surface area contributed by atoms with Gasteiger partial charge in [-0.2, -0.15) is 0 Å². The van der Waals surface area contributed by atoms with Crippen molar-refractivity contribution in [2.75, 3.05) is 0 Å². The highest BCUT2D eigenvalue weighted by molar-refractivity contribution is 5.46. The Morgan fingerprint density at radius 2 is 1.24 bits per heavy atom. The van der Waals surface area contributed by atoms with Crippen molar-refractivity contribution in [3.05, 3.63) is 101 Å². The summed E-state index contributed by atoms with van der Waals surface area (Å²) in [4.78, 5) is 4.34. The molecule has 3 rings (SSSR count). The highest BCUT2D eigenvalue weighted by Gasteiger charge is 2.33. The van der Waals surface area contributed by atoms with Gasteiger partial charge in [-0.25, -0.2) is 0 Å². The van der Waals surface area contributed by atoms with Crippen molar-refractivity contribution >= 4 is 0 Å². The molecule has 0 aliphatic carbocycles. The van der Waals surface area contributed by atoms with Crippen LogP contribution in [0.2, 0.25) is 0 Å². The maximum Gasteiger partial charge on any atom is 0.142 e. The maximum absolute atomic E-state index is 11.5. The predicted molar refractivity (Wildman–Crippen MR) is 84.0 cm³/mol. The Morgan fingerprint density at radius 3 is 1.67 bits per heavy atom. The van der Waals surface area contributed by atoms with Gasteiger partial charge < -0.3 is 5.11 Å². The molecule has 0 fully saturated rings. The van der Waals surface area contributed by atoms with Crippen molar-refractivity contribution in [3.8, 4) is 0 Å². The average Bonchev–Trinajstić information content (AvgIpc) is 2.56. The zero-order valence-electron chi connectivity index (χ0n) is 11.9. The second-order valence-electron chi connectivity index (χ2n) is 5.13. The van der Waals surface area contributed by atoms with E-state index in [1.807, 2.05) is 79.7 Å². The lowest BCUT2D eigenvalue weighted by atomic mass is 9.81. The van der Waals surface area contributed by atoms with E-state index in [2.05, 4.69) is 4.98 Å². The first-order valence-electron chi connectivity index (χ1n) is 6.98. The summed E-state index contributed by atoms with van der Waals surface area (Å²) in [5.41, 5.74) is 2.18. The van der Waals surface area contributed by atoms with Crippen LogP contribution in [0, 0.1) is 6.92 Å². The number of aliphatic hydroxyl groups is 1. The van der Waals surface area contributed by atoms with Crippen LogP contribution in [0.4, 0.5) is 0 Å². The number of hydrogen-bond acceptors (Lipinski definition) is 2. The van der Waals surface area contributed by atoms with Crippen LogP contribution < -0.4 is 0 Å². The van der Waals surface area contributed by atoms with Crippen LogP contribution in [0.25, 0.3) is 0 Å². The Morgan fingerprint density at radius 1 is 0.714 bits per heavy atom. The molecule has 0 radical (unpaired) electrons. The smallest absolute Gasteiger partial charge is 0.142 e. The number of aromatic nitrogens is 1. The number of aryl methyl sites for hydroxylation is 1. The molecule has 0 aliphatic rings. The Hall–Kier alpha value is -2.45. The van der Waals surface area contributed by atoms with Gasteiger partial charge in [0, 0.05) is 17.5 Å². The molecule has 0 saturated heterocycles. The summed E-state index contributed by atoms with van der Waals surface area (Å²) in [5, 5.41) is 11.5. The van der Waals surface area contributed by atoms with Crippen molar-refractivity contribution < 1.29 is 5.11 Å². The van der Waals surface area contributed by atoms with E-state index in [1.54, 1.807) is 6.20 Å². The number of pyridine rings is 1. The van der Waals surface area contributed by atoms with Crippen LogP contribution in [0.3, 0.4) is 0 Å². The summed E-state index contributed by atoms with van der Waals surface area (Å²) < 4.78 is 0. The standard InChI is InChI=1S/C19H17NO/c1-15-12-13-18(14-20-15)19(21,16-8-4-2-5-9-16)17-10-6-3-7-11-17/h2-14,21H,1H3. The SMILES string of the molecule is Cc1ccc(C(O)(c2ccccc2)c2ccccc2)cn1. The molecule has 2 aromatic carbocycles. The van der Waals surface area contributed by atoms with E-state index >= 15 is 0 Å². The summed E-state index contributed by atoms with van der Waals surface area (Å²) in [5.74, 6) is 0. The van der Waals surface area contributed by atoms with Crippen LogP contribution in [-0.4, -0.2) is 10.1 Å². The van der Waals surface area contributed by atoms with E-state index in [9.17, 15) is 5.11 Å². The molecule has 0 saturated carbocycles. The quantitative estimate of drug-likeness (QED) is 0.791. The van der Waals surface area contributed by atoms with Crippen molar-refractivity contribution in [1.82, 2.24) is 4.98 Å². The molecule has 0 unspecified atom stereocenters. The molecule has 0 bridgehead atoms. The molecule has 2 heteroatoms. The molecule has 2 nitrogen and oxygen atoms in total. The monoisotopic (exact) mass is 275 g/mol. The lowest BCUT2D eigenvalue weighted by Crippen LogP contribution is -2.29. The van der Waals surface area contributed by atoms with E-state index in [0.29, 0.717) is 0 Å². The molecular weight excluding hydrogens is 258 g/mol. The van der Waals surface area contributed by atoms with Gasteiger partial charge >= 0.3 is 0 Å². The first kappa shape index (κ1) is 13.5. The molecule has 0 spiro atoms. The van der Waals surface area contributed by atoms with E-state index < -0.39 is 5.60 Å². The van der Waals surface area contributed by atoms with E-state index in [4.69, 9.17) is 0 Å². The summed E-state index contributed by atoms with van der Waals surface area (Å²) in [6.45, 7) is 1.94. The third-order valence-corrected chi connectivity index (χ3v) is 3.71. The maximum atomic E-state index is 11.5. The van der Waals surface area contributed by atoms with E-state index in [1.165, 1.54) is 0 Å². The van der Waals surface area contributed by atoms with Crippen molar-refractivity contribution in [2.24, 2.45) is 0 Å². The molecule has 0 amide bonds. The van der Waals surface area contributed by atoms with Crippen molar-refractivity contribution in [3.63, 3.8) is 0 Å². The Labute approximate surface area is 124 Å². The Kier molecular flexibility index (Phi) is 3.55. The zero-order chi connectivity index (χ0) is 14.7. The fraction of sp³-hybridized carbons (Fsp3) is 0.105. The van der Waals surface area contributed by atoms with Gasteiger partial charge in [0.25, 0.3) is 0 Å². The molecule has 0 atom stereocenters. The largest absolute Gasteiger partial charge is 0.376 e. The van der Waals surface area contributed by atoms with Crippen LogP contribution in [0.15, 0.2) is 79.0 Å². The fourth-order valence-corrected chi connectivity index (χ4v) is 2.54. The minimum atomic E-state index is -1.19. The molecule has 3 aromatic rings. The first-order chi connectivity index (χ1) is 10.2. The summed E-state index contributed by atoms with van der Waals surface area (Å²) in [6.07, 6.45) is 1.75. The van der Waals surface area contributed by atoms with Gasteiger partial charge in [0.05, 0.1) is 0 Å². The molecule has 21 heavy (non-hydrogen) atoms. The van der Waals surface area contributed by atoms with Gasteiger partial charge in [-0.05, 0) is 24.1 Å². The van der Waals surface area contributed by atoms with Gasteiger partial charge in [0.1, 0.15) is 5.60 Å². The van der Waals surface area contributed by atoms with Gasteiger partial charge in [0.2, 0.25) is 0 Å². The molecule has 0 aliphatic heterocycles. The number of rotatable bonds is 3. The van der Waals surface area contributed by atoms with Gasteiger partial charge in [-0.1, -0.05) is 66.7 Å². The molecule has 104 valence electrons. The molecule has 1 aromatic heterocycles. The number of hydrogen-bond donors (Lipinski definition) is 1.